The van der Waals surface area contributed by atoms with Gasteiger partial charge in [0, 0.05) is 0 Å². The average Bonchev–Trinajstić information content (AvgIpc) is 2.50. The maximum atomic E-state index is 12.9. The molecule has 15 heavy (non-hydrogen) atoms. The zero-order valence-corrected chi connectivity index (χ0v) is 7.96. The van der Waals surface area contributed by atoms with E-state index in [1.165, 1.54) is 6.07 Å². The first-order chi connectivity index (χ1) is 7.08. The molecule has 2 rings (SSSR count). The number of carbonyl (C=O) groups excluding carboxylic acids is 1. The van der Waals surface area contributed by atoms with Gasteiger partial charge in [-0.05, 0) is 24.6 Å². The fraction of sp³-hybridized carbons (Fsp3) is 0.300. The second-order valence-electron chi connectivity index (χ2n) is 3.41. The highest BCUT2D eigenvalue weighted by atomic mass is 19.2. The molecule has 0 aromatic heterocycles. The molecule has 0 saturated carbocycles. The fourth-order valence-electron chi connectivity index (χ4n) is 1.58. The Hall–Kier alpha value is -1.65. The fourth-order valence-corrected chi connectivity index (χ4v) is 1.58. The summed E-state index contributed by atoms with van der Waals surface area (Å²) in [6.45, 7) is 1.68. The van der Waals surface area contributed by atoms with Crippen LogP contribution in [0.4, 0.5) is 13.6 Å². The van der Waals surface area contributed by atoms with E-state index >= 15 is 0 Å². The van der Waals surface area contributed by atoms with E-state index in [1.807, 2.05) is 0 Å². The lowest BCUT2D eigenvalue weighted by Crippen LogP contribution is -2.21. The Morgan fingerprint density at radius 1 is 1.33 bits per heavy atom. The zero-order valence-electron chi connectivity index (χ0n) is 7.96. The van der Waals surface area contributed by atoms with Crippen LogP contribution in [0.3, 0.4) is 0 Å². The largest absolute Gasteiger partial charge is 0.444 e. The highest BCUT2D eigenvalue weighted by Gasteiger charge is 2.31. The summed E-state index contributed by atoms with van der Waals surface area (Å²) in [5.41, 5.74) is 0.493. The molecular weight excluding hydrogens is 204 g/mol. The van der Waals surface area contributed by atoms with Crippen molar-refractivity contribution in [3.05, 3.63) is 35.4 Å². The highest BCUT2D eigenvalue weighted by molar-refractivity contribution is 5.70. The van der Waals surface area contributed by atoms with Crippen molar-refractivity contribution in [2.45, 2.75) is 19.1 Å². The van der Waals surface area contributed by atoms with Crippen LogP contribution in [-0.4, -0.2) is 12.2 Å². The van der Waals surface area contributed by atoms with Gasteiger partial charge in [-0.15, -0.1) is 0 Å². The van der Waals surface area contributed by atoms with Crippen LogP contribution in [0, 0.1) is 11.6 Å². The maximum absolute atomic E-state index is 12.9. The molecule has 2 atom stereocenters. The number of cyclic esters (lactones) is 1. The number of halogens is 2. The van der Waals surface area contributed by atoms with Gasteiger partial charge < -0.3 is 10.1 Å². The normalized spacial score (nSPS) is 24.9. The number of benzene rings is 1. The van der Waals surface area contributed by atoms with Crippen molar-refractivity contribution in [1.29, 1.82) is 0 Å². The summed E-state index contributed by atoms with van der Waals surface area (Å²) in [4.78, 5) is 10.9. The number of nitrogens with one attached hydrogen (secondary N) is 1. The molecule has 1 aliphatic rings. The predicted octanol–water partition coefficient (Wildman–Crippen LogP) is 2.13. The number of hydrogen-bond donors (Lipinski definition) is 1. The lowest BCUT2D eigenvalue weighted by molar-refractivity contribution is 0.141. The van der Waals surface area contributed by atoms with Crippen molar-refractivity contribution < 1.29 is 18.3 Å². The Kier molecular flexibility index (Phi) is 2.30. The van der Waals surface area contributed by atoms with E-state index in [4.69, 9.17) is 4.74 Å². The number of carbonyl (C=O) groups is 1. The second kappa shape index (κ2) is 3.49. The Labute approximate surface area is 85.0 Å². The number of alkyl carbamates (subject to hydrolysis) is 1. The molecule has 0 radical (unpaired) electrons. The van der Waals surface area contributed by atoms with Crippen LogP contribution in [0.5, 0.6) is 0 Å². The van der Waals surface area contributed by atoms with E-state index in [9.17, 15) is 13.6 Å². The molecule has 1 amide bonds. The third kappa shape index (κ3) is 1.77. The molecular formula is C10H9F2NO2. The molecule has 1 aromatic carbocycles. The number of amides is 1. The minimum Gasteiger partial charge on any atom is -0.444 e. The summed E-state index contributed by atoms with van der Waals surface area (Å²) in [6.07, 6.45) is -0.931. The summed E-state index contributed by atoms with van der Waals surface area (Å²) in [7, 11) is 0. The molecule has 1 N–H and O–H groups in total. The van der Waals surface area contributed by atoms with E-state index in [1.54, 1.807) is 6.92 Å². The minimum atomic E-state index is -0.930. The second-order valence-corrected chi connectivity index (χ2v) is 3.41. The van der Waals surface area contributed by atoms with Crippen LogP contribution < -0.4 is 5.32 Å². The summed E-state index contributed by atoms with van der Waals surface area (Å²) in [5.74, 6) is -1.84. The number of ether oxygens (including phenoxy) is 1. The molecule has 1 fully saturated rings. The smallest absolute Gasteiger partial charge is 0.408 e. The van der Waals surface area contributed by atoms with Crippen LogP contribution >= 0.6 is 0 Å². The number of hydrogen-bond acceptors (Lipinski definition) is 2. The summed E-state index contributed by atoms with van der Waals surface area (Å²) in [5, 5.41) is 2.52. The van der Waals surface area contributed by atoms with Gasteiger partial charge >= 0.3 is 6.09 Å². The zero-order chi connectivity index (χ0) is 11.0. The Morgan fingerprint density at radius 2 is 2.07 bits per heavy atom. The quantitative estimate of drug-likeness (QED) is 0.776. The Morgan fingerprint density at radius 3 is 2.60 bits per heavy atom. The van der Waals surface area contributed by atoms with E-state index in [-0.39, 0.29) is 6.10 Å². The molecule has 0 bridgehead atoms. The lowest BCUT2D eigenvalue weighted by atomic mass is 10.0. The monoisotopic (exact) mass is 213 g/mol. The molecule has 1 aromatic rings. The predicted molar refractivity (Wildman–Crippen MR) is 48.2 cm³/mol. The van der Waals surface area contributed by atoms with Crippen molar-refractivity contribution in [3.8, 4) is 0 Å². The number of rotatable bonds is 1. The van der Waals surface area contributed by atoms with Crippen molar-refractivity contribution in [3.63, 3.8) is 0 Å². The van der Waals surface area contributed by atoms with Crippen molar-refractivity contribution in [2.24, 2.45) is 0 Å². The Balaban J connectivity index is 2.30. The maximum Gasteiger partial charge on any atom is 0.408 e. The van der Waals surface area contributed by atoms with Gasteiger partial charge in [0.15, 0.2) is 11.6 Å². The molecule has 1 heterocycles. The topological polar surface area (TPSA) is 38.3 Å². The Bertz CT molecular complexity index is 408. The van der Waals surface area contributed by atoms with Crippen molar-refractivity contribution >= 4 is 6.09 Å². The van der Waals surface area contributed by atoms with Crippen molar-refractivity contribution in [2.75, 3.05) is 0 Å². The van der Waals surface area contributed by atoms with E-state index < -0.39 is 23.8 Å². The molecule has 0 aliphatic carbocycles. The average molecular weight is 213 g/mol. The standard InChI is InChI=1S/C10H9F2NO2/c1-5-9(13-10(14)15-5)6-2-3-7(11)8(12)4-6/h2-5,9H,1H3,(H,13,14)/t5-,9+/m1/s1. The minimum absolute atomic E-state index is 0.387. The SMILES string of the molecule is C[C@H]1OC(=O)N[C@@H]1c1ccc(F)c(F)c1. The third-order valence-electron chi connectivity index (χ3n) is 2.34. The van der Waals surface area contributed by atoms with Gasteiger partial charge in [-0.25, -0.2) is 13.6 Å². The van der Waals surface area contributed by atoms with Gasteiger partial charge in [0.2, 0.25) is 0 Å². The molecule has 0 unspecified atom stereocenters. The van der Waals surface area contributed by atoms with Gasteiger partial charge in [0.05, 0.1) is 6.04 Å². The van der Waals surface area contributed by atoms with Crippen LogP contribution in [0.25, 0.3) is 0 Å². The van der Waals surface area contributed by atoms with Crippen LogP contribution in [0.2, 0.25) is 0 Å². The van der Waals surface area contributed by atoms with Gasteiger partial charge in [0.25, 0.3) is 0 Å². The molecule has 5 heteroatoms. The summed E-state index contributed by atoms with van der Waals surface area (Å²) < 4.78 is 30.4. The van der Waals surface area contributed by atoms with Gasteiger partial charge in [-0.3, -0.25) is 0 Å². The molecule has 0 spiro atoms. The van der Waals surface area contributed by atoms with Crippen LogP contribution in [0.1, 0.15) is 18.5 Å². The first kappa shape index (κ1) is 9.89. The van der Waals surface area contributed by atoms with Gasteiger partial charge in [-0.2, -0.15) is 0 Å². The third-order valence-corrected chi connectivity index (χ3v) is 2.34. The van der Waals surface area contributed by atoms with Crippen LogP contribution in [0.15, 0.2) is 18.2 Å². The first-order valence-electron chi connectivity index (χ1n) is 4.50. The van der Waals surface area contributed by atoms with Gasteiger partial charge in [-0.1, -0.05) is 6.07 Å². The lowest BCUT2D eigenvalue weighted by Gasteiger charge is -2.12. The van der Waals surface area contributed by atoms with E-state index in [0.717, 1.165) is 12.1 Å². The molecule has 1 aliphatic heterocycles. The molecule has 3 nitrogen and oxygen atoms in total. The molecule has 1 saturated heterocycles. The summed E-state index contributed by atoms with van der Waals surface area (Å²) in [6, 6.07) is 3.09. The van der Waals surface area contributed by atoms with Crippen molar-refractivity contribution in [1.82, 2.24) is 5.32 Å². The summed E-state index contributed by atoms with van der Waals surface area (Å²) >= 11 is 0. The highest BCUT2D eigenvalue weighted by Crippen LogP contribution is 2.25. The molecule has 80 valence electrons. The van der Waals surface area contributed by atoms with E-state index in [0.29, 0.717) is 5.56 Å². The van der Waals surface area contributed by atoms with Gasteiger partial charge in [0.1, 0.15) is 6.10 Å². The van der Waals surface area contributed by atoms with Crippen LogP contribution in [-0.2, 0) is 4.74 Å². The van der Waals surface area contributed by atoms with E-state index in [2.05, 4.69) is 5.32 Å². The first-order valence-corrected chi connectivity index (χ1v) is 4.50.